The van der Waals surface area contributed by atoms with Crippen LogP contribution in [0.25, 0.3) is 0 Å². The molecule has 0 atom stereocenters. The second-order valence-electron chi connectivity index (χ2n) is 6.11. The highest BCUT2D eigenvalue weighted by atomic mass is 79.9. The van der Waals surface area contributed by atoms with E-state index >= 15 is 0 Å². The first-order chi connectivity index (χ1) is 11.7. The molecule has 3 rings (SSSR count). The van der Waals surface area contributed by atoms with Crippen LogP contribution >= 0.6 is 15.9 Å². The Morgan fingerprint density at radius 3 is 2.62 bits per heavy atom. The highest BCUT2D eigenvalue weighted by Crippen LogP contribution is 2.14. The third-order valence-corrected chi connectivity index (χ3v) is 4.85. The Balaban J connectivity index is 1.43. The number of carbonyl (C=O) groups excluding carboxylic acids is 1. The summed E-state index contributed by atoms with van der Waals surface area (Å²) in [6, 6.07) is 14.2. The number of aryl methyl sites for hydroxylation is 1. The van der Waals surface area contributed by atoms with Gasteiger partial charge >= 0.3 is 0 Å². The van der Waals surface area contributed by atoms with E-state index in [1.165, 1.54) is 5.56 Å². The van der Waals surface area contributed by atoms with Gasteiger partial charge in [0.05, 0.1) is 5.69 Å². The number of halogens is 1. The number of piperazine rings is 1. The first-order valence-corrected chi connectivity index (χ1v) is 9.14. The number of aromatic nitrogens is 1. The number of carbonyl (C=O) groups is 1. The molecule has 0 spiro atoms. The summed E-state index contributed by atoms with van der Waals surface area (Å²) in [4.78, 5) is 21.1. The zero-order valence-electron chi connectivity index (χ0n) is 13.7. The quantitative estimate of drug-likeness (QED) is 0.790. The van der Waals surface area contributed by atoms with Crippen LogP contribution in [0.4, 0.5) is 0 Å². The van der Waals surface area contributed by atoms with Crippen molar-refractivity contribution in [2.24, 2.45) is 0 Å². The van der Waals surface area contributed by atoms with E-state index in [-0.39, 0.29) is 5.91 Å². The standard InChI is InChI=1S/C19H22BrN3O/c20-17-5-3-4-16(14-17)7-8-19(24)23-12-10-22(11-13-23)15-18-6-1-2-9-21-18/h1-6,9,14H,7-8,10-13,15H2. The van der Waals surface area contributed by atoms with Crippen LogP contribution in [0, 0.1) is 0 Å². The van der Waals surface area contributed by atoms with E-state index in [9.17, 15) is 4.79 Å². The van der Waals surface area contributed by atoms with Crippen LogP contribution in [0.5, 0.6) is 0 Å². The van der Waals surface area contributed by atoms with Gasteiger partial charge in [0.2, 0.25) is 5.91 Å². The lowest BCUT2D eigenvalue weighted by Gasteiger charge is -2.34. The number of rotatable bonds is 5. The molecule has 1 aliphatic heterocycles. The first kappa shape index (κ1) is 17.1. The van der Waals surface area contributed by atoms with E-state index in [4.69, 9.17) is 0 Å². The fourth-order valence-electron chi connectivity index (χ4n) is 2.98. The molecule has 1 aromatic carbocycles. The Labute approximate surface area is 151 Å². The van der Waals surface area contributed by atoms with Crippen LogP contribution in [0.3, 0.4) is 0 Å². The van der Waals surface area contributed by atoms with Crippen molar-refractivity contribution in [2.75, 3.05) is 26.2 Å². The Morgan fingerprint density at radius 2 is 1.92 bits per heavy atom. The lowest BCUT2D eigenvalue weighted by atomic mass is 10.1. The number of pyridine rings is 1. The van der Waals surface area contributed by atoms with Gasteiger partial charge in [0.1, 0.15) is 0 Å². The van der Waals surface area contributed by atoms with Gasteiger partial charge < -0.3 is 4.90 Å². The normalized spacial score (nSPS) is 15.5. The average Bonchev–Trinajstić information content (AvgIpc) is 2.61. The van der Waals surface area contributed by atoms with E-state index in [1.54, 1.807) is 0 Å². The Bertz CT molecular complexity index is 669. The molecule has 24 heavy (non-hydrogen) atoms. The van der Waals surface area contributed by atoms with Gasteiger partial charge in [0, 0.05) is 49.8 Å². The maximum Gasteiger partial charge on any atom is 0.222 e. The summed E-state index contributed by atoms with van der Waals surface area (Å²) in [6.45, 7) is 4.31. The predicted molar refractivity (Wildman–Crippen MR) is 98.6 cm³/mol. The average molecular weight is 388 g/mol. The molecule has 1 saturated heterocycles. The van der Waals surface area contributed by atoms with Crippen molar-refractivity contribution in [3.8, 4) is 0 Å². The molecule has 0 radical (unpaired) electrons. The van der Waals surface area contributed by atoms with Crippen molar-refractivity contribution in [1.29, 1.82) is 0 Å². The zero-order chi connectivity index (χ0) is 16.8. The molecule has 2 aromatic rings. The highest BCUT2D eigenvalue weighted by molar-refractivity contribution is 9.10. The molecule has 5 heteroatoms. The third kappa shape index (κ3) is 4.89. The minimum absolute atomic E-state index is 0.257. The number of amides is 1. The topological polar surface area (TPSA) is 36.4 Å². The van der Waals surface area contributed by atoms with Crippen molar-refractivity contribution < 1.29 is 4.79 Å². The van der Waals surface area contributed by atoms with Crippen molar-refractivity contribution in [3.63, 3.8) is 0 Å². The van der Waals surface area contributed by atoms with Gasteiger partial charge in [0.25, 0.3) is 0 Å². The van der Waals surface area contributed by atoms with Gasteiger partial charge in [-0.05, 0) is 36.2 Å². The number of hydrogen-bond acceptors (Lipinski definition) is 3. The summed E-state index contributed by atoms with van der Waals surface area (Å²) in [7, 11) is 0. The molecule has 1 fully saturated rings. The van der Waals surface area contributed by atoms with E-state index in [0.717, 1.165) is 49.3 Å². The molecule has 0 bridgehead atoms. The molecule has 1 aromatic heterocycles. The monoisotopic (exact) mass is 387 g/mol. The minimum atomic E-state index is 0.257. The number of benzene rings is 1. The molecule has 126 valence electrons. The summed E-state index contributed by atoms with van der Waals surface area (Å²) >= 11 is 3.47. The maximum atomic E-state index is 12.4. The molecule has 0 unspecified atom stereocenters. The van der Waals surface area contributed by atoms with Crippen LogP contribution in [0.15, 0.2) is 53.1 Å². The van der Waals surface area contributed by atoms with Crippen molar-refractivity contribution >= 4 is 21.8 Å². The van der Waals surface area contributed by atoms with Gasteiger partial charge in [-0.3, -0.25) is 14.7 Å². The SMILES string of the molecule is O=C(CCc1cccc(Br)c1)N1CCN(Cc2ccccn2)CC1. The summed E-state index contributed by atoms with van der Waals surface area (Å²) in [6.07, 6.45) is 3.21. The Kier molecular flexibility index (Phi) is 5.99. The fraction of sp³-hybridized carbons (Fsp3) is 0.368. The van der Waals surface area contributed by atoms with E-state index in [1.807, 2.05) is 35.4 Å². The summed E-state index contributed by atoms with van der Waals surface area (Å²) in [5.74, 6) is 0.257. The van der Waals surface area contributed by atoms with Gasteiger partial charge in [0.15, 0.2) is 0 Å². The fourth-order valence-corrected chi connectivity index (χ4v) is 3.42. The molecular weight excluding hydrogens is 366 g/mol. The molecule has 1 amide bonds. The molecule has 0 aliphatic carbocycles. The van der Waals surface area contributed by atoms with E-state index in [2.05, 4.69) is 44.0 Å². The van der Waals surface area contributed by atoms with Crippen molar-refractivity contribution in [1.82, 2.24) is 14.8 Å². The summed E-state index contributed by atoms with van der Waals surface area (Å²) in [5, 5.41) is 0. The smallest absolute Gasteiger partial charge is 0.222 e. The van der Waals surface area contributed by atoms with Crippen molar-refractivity contribution in [3.05, 3.63) is 64.4 Å². The predicted octanol–water partition coefficient (Wildman–Crippen LogP) is 3.12. The largest absolute Gasteiger partial charge is 0.340 e. The van der Waals surface area contributed by atoms with Gasteiger partial charge in [-0.1, -0.05) is 34.1 Å². The Morgan fingerprint density at radius 1 is 1.08 bits per heavy atom. The minimum Gasteiger partial charge on any atom is -0.340 e. The van der Waals surface area contributed by atoms with Crippen LogP contribution < -0.4 is 0 Å². The van der Waals surface area contributed by atoms with Crippen LogP contribution in [-0.4, -0.2) is 46.9 Å². The lowest BCUT2D eigenvalue weighted by Crippen LogP contribution is -2.48. The van der Waals surface area contributed by atoms with Crippen LogP contribution in [0.1, 0.15) is 17.7 Å². The van der Waals surface area contributed by atoms with E-state index in [0.29, 0.717) is 6.42 Å². The lowest BCUT2D eigenvalue weighted by molar-refractivity contribution is -0.133. The molecule has 1 aliphatic rings. The molecule has 0 N–H and O–H groups in total. The van der Waals surface area contributed by atoms with Gasteiger partial charge in [-0.2, -0.15) is 0 Å². The number of hydrogen-bond donors (Lipinski definition) is 0. The van der Waals surface area contributed by atoms with Crippen LogP contribution in [-0.2, 0) is 17.8 Å². The second kappa shape index (κ2) is 8.40. The van der Waals surface area contributed by atoms with Crippen LogP contribution in [0.2, 0.25) is 0 Å². The molecular formula is C19H22BrN3O. The Hall–Kier alpha value is -1.72. The second-order valence-corrected chi connectivity index (χ2v) is 7.02. The van der Waals surface area contributed by atoms with Gasteiger partial charge in [-0.15, -0.1) is 0 Å². The molecule has 4 nitrogen and oxygen atoms in total. The third-order valence-electron chi connectivity index (χ3n) is 4.35. The zero-order valence-corrected chi connectivity index (χ0v) is 15.3. The van der Waals surface area contributed by atoms with Crippen molar-refractivity contribution in [2.45, 2.75) is 19.4 Å². The maximum absolute atomic E-state index is 12.4. The highest BCUT2D eigenvalue weighted by Gasteiger charge is 2.21. The van der Waals surface area contributed by atoms with E-state index < -0.39 is 0 Å². The molecule has 2 heterocycles. The first-order valence-electron chi connectivity index (χ1n) is 8.35. The van der Waals surface area contributed by atoms with Gasteiger partial charge in [-0.25, -0.2) is 0 Å². The molecule has 0 saturated carbocycles. The summed E-state index contributed by atoms with van der Waals surface area (Å²) < 4.78 is 1.07. The number of nitrogens with zero attached hydrogens (tertiary/aromatic N) is 3. The summed E-state index contributed by atoms with van der Waals surface area (Å²) in [5.41, 5.74) is 2.29.